The van der Waals surface area contributed by atoms with E-state index in [4.69, 9.17) is 15.2 Å². The van der Waals surface area contributed by atoms with E-state index in [0.29, 0.717) is 41.4 Å². The van der Waals surface area contributed by atoms with Crippen LogP contribution < -0.4 is 20.1 Å². The van der Waals surface area contributed by atoms with Gasteiger partial charge >= 0.3 is 6.18 Å². The highest BCUT2D eigenvalue weighted by Gasteiger charge is 2.41. The lowest BCUT2D eigenvalue weighted by atomic mass is 10.2. The number of alkyl halides is 3. The van der Waals surface area contributed by atoms with E-state index in [2.05, 4.69) is 9.97 Å². The van der Waals surface area contributed by atoms with E-state index >= 15 is 0 Å². The number of methoxy groups -OCH3 is 2. The lowest BCUT2D eigenvalue weighted by Crippen LogP contribution is -2.54. The highest BCUT2D eigenvalue weighted by atomic mass is 19.4. The predicted molar refractivity (Wildman–Crippen MR) is 96.4 cm³/mol. The SMILES string of the molecule is COc1cc2nc(N3CCN(C(C)C(F)(F)F)CC3)nc(N)c2cc1OC. The van der Waals surface area contributed by atoms with E-state index in [-0.39, 0.29) is 18.9 Å². The molecular formula is C17H22F3N5O2. The van der Waals surface area contributed by atoms with Crippen LogP contribution in [-0.2, 0) is 0 Å². The third kappa shape index (κ3) is 3.80. The standard InChI is InChI=1S/C17H22F3N5O2/c1-10(17(18,19)20)24-4-6-25(7-5-24)16-22-12-9-14(27-3)13(26-2)8-11(12)15(21)23-16/h8-10H,4-7H2,1-3H3,(H2,21,22,23). The largest absolute Gasteiger partial charge is 0.493 e. The first-order chi connectivity index (χ1) is 12.7. The van der Waals surface area contributed by atoms with Crippen LogP contribution in [0.15, 0.2) is 12.1 Å². The summed E-state index contributed by atoms with van der Waals surface area (Å²) >= 11 is 0. The van der Waals surface area contributed by atoms with Crippen LogP contribution in [-0.4, -0.2) is 67.5 Å². The van der Waals surface area contributed by atoms with Crippen LogP contribution in [0.5, 0.6) is 11.5 Å². The maximum absolute atomic E-state index is 12.9. The molecule has 1 aromatic heterocycles. The van der Waals surface area contributed by atoms with E-state index in [0.717, 1.165) is 0 Å². The van der Waals surface area contributed by atoms with Gasteiger partial charge in [-0.05, 0) is 13.0 Å². The van der Waals surface area contributed by atoms with Gasteiger partial charge in [-0.2, -0.15) is 18.2 Å². The van der Waals surface area contributed by atoms with Gasteiger partial charge in [-0.25, -0.2) is 4.98 Å². The van der Waals surface area contributed by atoms with E-state index in [1.54, 1.807) is 12.1 Å². The normalized spacial score (nSPS) is 17.2. The zero-order valence-electron chi connectivity index (χ0n) is 15.4. The first-order valence-electron chi connectivity index (χ1n) is 8.49. The zero-order valence-corrected chi connectivity index (χ0v) is 15.4. The number of nitrogens with two attached hydrogens (primary N) is 1. The Bertz CT molecular complexity index is 822. The van der Waals surface area contributed by atoms with Gasteiger partial charge in [0.25, 0.3) is 0 Å². The molecule has 0 saturated carbocycles. The van der Waals surface area contributed by atoms with Crippen LogP contribution in [0.1, 0.15) is 6.92 Å². The van der Waals surface area contributed by atoms with Crippen LogP contribution in [0.3, 0.4) is 0 Å². The lowest BCUT2D eigenvalue weighted by molar-refractivity contribution is -0.179. The Labute approximate surface area is 154 Å². The third-order valence-electron chi connectivity index (χ3n) is 4.84. The van der Waals surface area contributed by atoms with Gasteiger partial charge in [-0.1, -0.05) is 0 Å². The maximum atomic E-state index is 12.9. The Morgan fingerprint density at radius 1 is 1.04 bits per heavy atom. The summed E-state index contributed by atoms with van der Waals surface area (Å²) in [5.74, 6) is 1.70. The molecule has 3 rings (SSSR count). The fourth-order valence-electron chi connectivity index (χ4n) is 3.12. The molecule has 1 aromatic carbocycles. The van der Waals surface area contributed by atoms with E-state index < -0.39 is 12.2 Å². The summed E-state index contributed by atoms with van der Waals surface area (Å²) in [4.78, 5) is 12.1. The highest BCUT2D eigenvalue weighted by molar-refractivity contribution is 5.91. The van der Waals surface area contributed by atoms with Crippen molar-refractivity contribution in [1.29, 1.82) is 0 Å². The van der Waals surface area contributed by atoms with Gasteiger partial charge in [0, 0.05) is 37.6 Å². The molecule has 0 bridgehead atoms. The molecule has 0 aliphatic carbocycles. The number of hydrogen-bond donors (Lipinski definition) is 1. The van der Waals surface area contributed by atoms with Gasteiger partial charge in [0.15, 0.2) is 11.5 Å². The van der Waals surface area contributed by atoms with Gasteiger partial charge in [-0.15, -0.1) is 0 Å². The maximum Gasteiger partial charge on any atom is 0.403 e. The molecule has 0 amide bonds. The van der Waals surface area contributed by atoms with Crippen LogP contribution in [0.25, 0.3) is 10.9 Å². The molecule has 148 valence electrons. The van der Waals surface area contributed by atoms with Gasteiger partial charge in [-0.3, -0.25) is 4.90 Å². The number of anilines is 2. The highest BCUT2D eigenvalue weighted by Crippen LogP contribution is 2.34. The van der Waals surface area contributed by atoms with Gasteiger partial charge in [0.2, 0.25) is 5.95 Å². The smallest absolute Gasteiger partial charge is 0.403 e. The summed E-state index contributed by atoms with van der Waals surface area (Å²) in [7, 11) is 3.05. The number of rotatable bonds is 4. The van der Waals surface area contributed by atoms with Crippen molar-refractivity contribution in [3.05, 3.63) is 12.1 Å². The molecule has 2 N–H and O–H groups in total. The average molecular weight is 385 g/mol. The summed E-state index contributed by atoms with van der Waals surface area (Å²) in [5.41, 5.74) is 6.66. The summed E-state index contributed by atoms with van der Waals surface area (Å²) < 4.78 is 49.2. The zero-order chi connectivity index (χ0) is 19.8. The molecule has 1 aliphatic heterocycles. The fourth-order valence-corrected chi connectivity index (χ4v) is 3.12. The molecule has 2 aromatic rings. The summed E-state index contributed by atoms with van der Waals surface area (Å²) in [6, 6.07) is 1.94. The second-order valence-electron chi connectivity index (χ2n) is 6.37. The topological polar surface area (TPSA) is 76.7 Å². The lowest BCUT2D eigenvalue weighted by Gasteiger charge is -2.38. The van der Waals surface area contributed by atoms with Crippen molar-refractivity contribution in [3.63, 3.8) is 0 Å². The van der Waals surface area contributed by atoms with E-state index in [1.165, 1.54) is 26.0 Å². The number of fused-ring (bicyclic) bond motifs is 1. The number of hydrogen-bond acceptors (Lipinski definition) is 7. The predicted octanol–water partition coefficient (Wildman–Crippen LogP) is 2.30. The molecule has 27 heavy (non-hydrogen) atoms. The third-order valence-corrected chi connectivity index (χ3v) is 4.84. The number of halogens is 3. The summed E-state index contributed by atoms with van der Waals surface area (Å²) in [6.07, 6.45) is -4.23. The van der Waals surface area contributed by atoms with Crippen molar-refractivity contribution in [2.45, 2.75) is 19.1 Å². The molecule has 0 spiro atoms. The van der Waals surface area contributed by atoms with Crippen LogP contribution in [0, 0.1) is 0 Å². The molecule has 1 saturated heterocycles. The summed E-state index contributed by atoms with van der Waals surface area (Å²) in [5, 5.41) is 0.626. The van der Waals surface area contributed by atoms with Crippen LogP contribution >= 0.6 is 0 Å². The number of nitrogens with zero attached hydrogens (tertiary/aromatic N) is 4. The van der Waals surface area contributed by atoms with Crippen molar-refractivity contribution in [1.82, 2.24) is 14.9 Å². The van der Waals surface area contributed by atoms with E-state index in [1.807, 2.05) is 4.90 Å². The Hall–Kier alpha value is -2.49. The average Bonchev–Trinajstić information content (AvgIpc) is 2.65. The van der Waals surface area contributed by atoms with Crippen molar-refractivity contribution in [3.8, 4) is 11.5 Å². The Balaban J connectivity index is 1.84. The van der Waals surface area contributed by atoms with Crippen molar-refractivity contribution in [2.75, 3.05) is 51.0 Å². The minimum Gasteiger partial charge on any atom is -0.493 e. The number of piperazine rings is 1. The summed E-state index contributed by atoms with van der Waals surface area (Å²) in [6.45, 7) is 2.50. The monoisotopic (exact) mass is 385 g/mol. The second-order valence-corrected chi connectivity index (χ2v) is 6.37. The molecule has 1 unspecified atom stereocenters. The van der Waals surface area contributed by atoms with E-state index in [9.17, 15) is 13.2 Å². The molecule has 2 heterocycles. The Kier molecular flexibility index (Phi) is 5.18. The molecule has 0 radical (unpaired) electrons. The van der Waals surface area contributed by atoms with Crippen molar-refractivity contribution >= 4 is 22.7 Å². The minimum atomic E-state index is -4.23. The number of benzene rings is 1. The molecule has 1 aliphatic rings. The van der Waals surface area contributed by atoms with Gasteiger partial charge in [0.1, 0.15) is 11.9 Å². The molecule has 1 fully saturated rings. The molecular weight excluding hydrogens is 363 g/mol. The Morgan fingerprint density at radius 3 is 2.19 bits per heavy atom. The van der Waals surface area contributed by atoms with Crippen LogP contribution in [0.2, 0.25) is 0 Å². The molecule has 7 nitrogen and oxygen atoms in total. The molecule has 1 atom stereocenters. The number of ether oxygens (including phenoxy) is 2. The number of nitrogen functional groups attached to an aromatic ring is 1. The van der Waals surface area contributed by atoms with Crippen molar-refractivity contribution in [2.24, 2.45) is 0 Å². The number of aromatic nitrogens is 2. The second kappa shape index (κ2) is 7.26. The minimum absolute atomic E-state index is 0.272. The molecule has 10 heteroatoms. The fraction of sp³-hybridized carbons (Fsp3) is 0.529. The van der Waals surface area contributed by atoms with Crippen LogP contribution in [0.4, 0.5) is 24.9 Å². The first-order valence-corrected chi connectivity index (χ1v) is 8.49. The van der Waals surface area contributed by atoms with Crippen molar-refractivity contribution < 1.29 is 22.6 Å². The van der Waals surface area contributed by atoms with Gasteiger partial charge in [0.05, 0.1) is 19.7 Å². The van der Waals surface area contributed by atoms with Gasteiger partial charge < -0.3 is 20.1 Å². The Morgan fingerprint density at radius 2 is 1.63 bits per heavy atom. The quantitative estimate of drug-likeness (QED) is 0.865. The first kappa shape index (κ1) is 19.3.